The Morgan fingerprint density at radius 1 is 0.905 bits per heavy atom. The van der Waals surface area contributed by atoms with Crippen molar-refractivity contribution < 1.29 is 22.9 Å². The number of allylic oxidation sites excluding steroid dienone is 2. The normalized spacial score (nSPS) is 22.0. The number of hydrogen-bond donors (Lipinski definition) is 0. The summed E-state index contributed by atoms with van der Waals surface area (Å²) in [4.78, 5) is 17.9. The van der Waals surface area contributed by atoms with Gasteiger partial charge in [-0.3, -0.25) is 4.79 Å². The Bertz CT molecular complexity index is 855. The zero-order chi connectivity index (χ0) is 31.8. The van der Waals surface area contributed by atoms with Gasteiger partial charge in [0.1, 0.15) is 6.61 Å². The molecule has 0 radical (unpaired) electrons. The zero-order valence-electron chi connectivity index (χ0n) is 29.1. The minimum absolute atomic E-state index is 0.0671. The SMILES string of the molecule is CCCCC[C@@H](/C=C/[C@H]1[C@H](O[Si](C)(C)C)C/C(=N\OCCCC)[C@@H]1C/C=C\CCCC(=O)O[Si](C)(C)C)O[Si](C)(C)C. The topological polar surface area (TPSA) is 66.4 Å². The smallest absolute Gasteiger partial charge is 0.292 e. The van der Waals surface area contributed by atoms with Gasteiger partial charge in [-0.2, -0.15) is 0 Å². The van der Waals surface area contributed by atoms with Crippen LogP contribution in [0.15, 0.2) is 29.5 Å². The molecule has 0 aromatic heterocycles. The Hall–Kier alpha value is -1.01. The molecule has 0 saturated heterocycles. The van der Waals surface area contributed by atoms with Gasteiger partial charge in [-0.1, -0.05) is 69.0 Å². The lowest BCUT2D eigenvalue weighted by molar-refractivity contribution is -0.135. The van der Waals surface area contributed by atoms with E-state index in [4.69, 9.17) is 23.3 Å². The van der Waals surface area contributed by atoms with Gasteiger partial charge in [-0.25, -0.2) is 0 Å². The lowest BCUT2D eigenvalue weighted by Crippen LogP contribution is -2.35. The summed E-state index contributed by atoms with van der Waals surface area (Å²) in [5, 5.41) is 4.69. The standard InChI is InChI=1S/C33H65NO5Si3/c1-12-14-18-21-28(37-40(3,4)5)24-25-30-29(22-19-16-17-20-23-33(35)39-42(9,10)11)31(34-36-26-15-13-2)27-32(30)38-41(6,7)8/h16,19,24-25,28-30,32H,12-15,17-18,20-23,26-27H2,1-11H3/b19-16-,25-24+,34-31+/t28-,29+,30+,32+/m0/s1. The number of unbranched alkanes of at least 4 members (excludes halogenated alkanes) is 4. The van der Waals surface area contributed by atoms with Gasteiger partial charge in [0.05, 0.1) is 17.9 Å². The van der Waals surface area contributed by atoms with Crippen molar-refractivity contribution in [3.8, 4) is 0 Å². The zero-order valence-corrected chi connectivity index (χ0v) is 32.1. The summed E-state index contributed by atoms with van der Waals surface area (Å²) in [6.07, 6.45) is 20.1. The molecule has 0 N–H and O–H groups in total. The molecule has 1 aliphatic rings. The molecule has 0 unspecified atom stereocenters. The van der Waals surface area contributed by atoms with Crippen LogP contribution in [0.4, 0.5) is 0 Å². The summed E-state index contributed by atoms with van der Waals surface area (Å²) in [7, 11) is -5.29. The molecule has 0 bridgehead atoms. The highest BCUT2D eigenvalue weighted by Crippen LogP contribution is 2.38. The van der Waals surface area contributed by atoms with Gasteiger partial charge >= 0.3 is 0 Å². The molecule has 0 amide bonds. The quantitative estimate of drug-likeness (QED) is 0.0541. The number of nitrogens with zero attached hydrogens (tertiary/aromatic N) is 1. The van der Waals surface area contributed by atoms with Crippen LogP contribution < -0.4 is 0 Å². The third-order valence-corrected chi connectivity index (χ3v) is 9.74. The van der Waals surface area contributed by atoms with Crippen LogP contribution in [0.25, 0.3) is 0 Å². The molecule has 0 aliphatic heterocycles. The first-order valence-electron chi connectivity index (χ1n) is 16.6. The summed E-state index contributed by atoms with van der Waals surface area (Å²) in [5.74, 6) is 0.378. The van der Waals surface area contributed by atoms with Crippen LogP contribution in [-0.2, 0) is 22.9 Å². The molecule has 9 heteroatoms. The van der Waals surface area contributed by atoms with Crippen molar-refractivity contribution in [1.82, 2.24) is 0 Å². The van der Waals surface area contributed by atoms with E-state index in [2.05, 4.69) is 77.4 Å². The molecule has 0 aromatic carbocycles. The van der Waals surface area contributed by atoms with Crippen molar-refractivity contribution in [2.24, 2.45) is 17.0 Å². The number of carbonyl (C=O) groups excluding carboxylic acids is 1. The second-order valence-electron chi connectivity index (χ2n) is 14.8. The van der Waals surface area contributed by atoms with Crippen LogP contribution in [-0.4, -0.2) is 55.4 Å². The Balaban J connectivity index is 3.14. The minimum Gasteiger partial charge on any atom is -0.520 e. The van der Waals surface area contributed by atoms with Crippen LogP contribution in [0, 0.1) is 11.8 Å². The van der Waals surface area contributed by atoms with Crippen molar-refractivity contribution >= 4 is 36.6 Å². The van der Waals surface area contributed by atoms with E-state index in [9.17, 15) is 4.79 Å². The maximum absolute atomic E-state index is 12.1. The summed E-state index contributed by atoms with van der Waals surface area (Å²) in [6, 6.07) is 0. The van der Waals surface area contributed by atoms with E-state index >= 15 is 0 Å². The minimum atomic E-state index is -1.82. The average molecular weight is 640 g/mol. The monoisotopic (exact) mass is 639 g/mol. The van der Waals surface area contributed by atoms with Gasteiger partial charge in [-0.05, 0) is 91.0 Å². The summed E-state index contributed by atoms with van der Waals surface area (Å²) >= 11 is 0. The van der Waals surface area contributed by atoms with Gasteiger partial charge in [0.2, 0.25) is 8.32 Å². The largest absolute Gasteiger partial charge is 0.520 e. The van der Waals surface area contributed by atoms with Crippen molar-refractivity contribution in [3.63, 3.8) is 0 Å². The molecule has 42 heavy (non-hydrogen) atoms. The van der Waals surface area contributed by atoms with E-state index in [0.717, 1.165) is 50.7 Å². The van der Waals surface area contributed by atoms with Crippen molar-refractivity contribution in [1.29, 1.82) is 0 Å². The van der Waals surface area contributed by atoms with Crippen molar-refractivity contribution in [3.05, 3.63) is 24.3 Å². The molecule has 6 nitrogen and oxygen atoms in total. The maximum atomic E-state index is 12.1. The van der Waals surface area contributed by atoms with Crippen LogP contribution in [0.2, 0.25) is 58.9 Å². The van der Waals surface area contributed by atoms with Crippen LogP contribution >= 0.6 is 0 Å². The number of oxime groups is 1. The fraction of sp³-hybridized carbons (Fsp3) is 0.818. The van der Waals surface area contributed by atoms with E-state index in [0.29, 0.717) is 13.0 Å². The third kappa shape index (κ3) is 18.6. The molecule has 4 atom stereocenters. The predicted molar refractivity (Wildman–Crippen MR) is 187 cm³/mol. The van der Waals surface area contributed by atoms with E-state index in [-0.39, 0.29) is 30.0 Å². The van der Waals surface area contributed by atoms with E-state index in [1.807, 2.05) is 19.6 Å². The third-order valence-electron chi connectivity index (χ3n) is 6.88. The summed E-state index contributed by atoms with van der Waals surface area (Å²) in [6.45, 7) is 24.8. The molecule has 1 fully saturated rings. The molecule has 244 valence electrons. The van der Waals surface area contributed by atoms with Gasteiger partial charge in [-0.15, -0.1) is 0 Å². The lowest BCUT2D eigenvalue weighted by Gasteiger charge is -2.29. The molecule has 0 heterocycles. The van der Waals surface area contributed by atoms with E-state index < -0.39 is 25.0 Å². The molecule has 0 spiro atoms. The predicted octanol–water partition coefficient (Wildman–Crippen LogP) is 9.87. The van der Waals surface area contributed by atoms with Crippen LogP contribution in [0.5, 0.6) is 0 Å². The molecular weight excluding hydrogens is 575 g/mol. The number of hydrogen-bond acceptors (Lipinski definition) is 6. The van der Waals surface area contributed by atoms with Gasteiger partial charge in [0, 0.05) is 24.7 Å². The van der Waals surface area contributed by atoms with Gasteiger partial charge in [0.25, 0.3) is 5.97 Å². The number of carbonyl (C=O) groups is 1. The highest BCUT2D eigenvalue weighted by atomic mass is 28.4. The first-order valence-corrected chi connectivity index (χ1v) is 26.9. The molecule has 1 saturated carbocycles. The Morgan fingerprint density at radius 2 is 1.60 bits per heavy atom. The Morgan fingerprint density at radius 3 is 2.19 bits per heavy atom. The molecule has 0 aromatic rings. The summed E-state index contributed by atoms with van der Waals surface area (Å²) < 4.78 is 19.0. The molecule has 1 aliphatic carbocycles. The van der Waals surface area contributed by atoms with E-state index in [1.54, 1.807) is 0 Å². The van der Waals surface area contributed by atoms with Crippen molar-refractivity contribution in [2.75, 3.05) is 6.61 Å². The highest BCUT2D eigenvalue weighted by molar-refractivity contribution is 6.71. The van der Waals surface area contributed by atoms with Crippen LogP contribution in [0.1, 0.15) is 84.5 Å². The highest BCUT2D eigenvalue weighted by Gasteiger charge is 2.42. The molecular formula is C33H65NO5Si3. The lowest BCUT2D eigenvalue weighted by atomic mass is 9.89. The first kappa shape index (κ1) is 39.0. The second kappa shape index (κ2) is 19.4. The van der Waals surface area contributed by atoms with Gasteiger partial charge < -0.3 is 18.1 Å². The maximum Gasteiger partial charge on any atom is 0.292 e. The summed E-state index contributed by atoms with van der Waals surface area (Å²) in [5.41, 5.74) is 1.11. The first-order chi connectivity index (χ1) is 19.5. The van der Waals surface area contributed by atoms with E-state index in [1.165, 1.54) is 19.3 Å². The van der Waals surface area contributed by atoms with Crippen LogP contribution in [0.3, 0.4) is 0 Å². The fourth-order valence-corrected chi connectivity index (χ4v) is 8.20. The Kier molecular flexibility index (Phi) is 18.0. The van der Waals surface area contributed by atoms with Gasteiger partial charge in [0.15, 0.2) is 16.6 Å². The average Bonchev–Trinajstić information content (AvgIpc) is 3.14. The molecule has 1 rings (SSSR count). The van der Waals surface area contributed by atoms with Crippen molar-refractivity contribution in [2.45, 2.75) is 156 Å². The Labute approximate surface area is 262 Å². The fourth-order valence-electron chi connectivity index (χ4n) is 5.16. The number of rotatable bonds is 21. The second-order valence-corrected chi connectivity index (χ2v) is 28.1.